The van der Waals surface area contributed by atoms with Gasteiger partial charge in [0.15, 0.2) is 0 Å². The van der Waals surface area contributed by atoms with Crippen molar-refractivity contribution in [3.8, 4) is 0 Å². The minimum absolute atomic E-state index is 0.00564. The number of aromatic amines is 1. The monoisotopic (exact) mass is 366 g/mol. The predicted molar refractivity (Wildman–Crippen MR) is 100 cm³/mol. The van der Waals surface area contributed by atoms with Gasteiger partial charge in [0.2, 0.25) is 17.7 Å². The summed E-state index contributed by atoms with van der Waals surface area (Å²) in [5.74, 6) is 0.149. The van der Waals surface area contributed by atoms with Crippen molar-refractivity contribution in [1.82, 2.24) is 14.8 Å². The van der Waals surface area contributed by atoms with E-state index >= 15 is 0 Å². The van der Waals surface area contributed by atoms with Crippen molar-refractivity contribution in [2.24, 2.45) is 0 Å². The third kappa shape index (κ3) is 3.86. The second-order valence-electron chi connectivity index (χ2n) is 7.05. The van der Waals surface area contributed by atoms with E-state index in [0.29, 0.717) is 45.4 Å². The zero-order valence-electron chi connectivity index (χ0n) is 15.0. The SMILES string of the molecule is O=C1Cc2cc(CC(=O)N3CCN(C(=O)Cc4cc[nH]c4)CC3)ccc2N1. The van der Waals surface area contributed by atoms with E-state index in [1.807, 2.05) is 46.5 Å². The van der Waals surface area contributed by atoms with Gasteiger partial charge in [0.05, 0.1) is 19.3 Å². The van der Waals surface area contributed by atoms with Crippen molar-refractivity contribution in [3.05, 3.63) is 53.3 Å². The van der Waals surface area contributed by atoms with Crippen LogP contribution in [0.5, 0.6) is 0 Å². The maximum Gasteiger partial charge on any atom is 0.228 e. The zero-order valence-corrected chi connectivity index (χ0v) is 15.0. The number of anilines is 1. The summed E-state index contributed by atoms with van der Waals surface area (Å²) in [4.78, 5) is 43.0. The molecular weight excluding hydrogens is 344 g/mol. The van der Waals surface area contributed by atoms with Crippen molar-refractivity contribution >= 4 is 23.4 Å². The summed E-state index contributed by atoms with van der Waals surface area (Å²) in [6, 6.07) is 7.58. The third-order valence-corrected chi connectivity index (χ3v) is 5.15. The smallest absolute Gasteiger partial charge is 0.228 e. The Morgan fingerprint density at radius 1 is 0.926 bits per heavy atom. The maximum atomic E-state index is 12.6. The van der Waals surface area contributed by atoms with Crippen molar-refractivity contribution < 1.29 is 14.4 Å². The molecule has 1 aromatic carbocycles. The Balaban J connectivity index is 1.29. The molecule has 2 aliphatic rings. The van der Waals surface area contributed by atoms with Gasteiger partial charge in [-0.05, 0) is 28.8 Å². The molecule has 27 heavy (non-hydrogen) atoms. The molecule has 2 aromatic rings. The van der Waals surface area contributed by atoms with Crippen LogP contribution in [0.15, 0.2) is 36.7 Å². The highest BCUT2D eigenvalue weighted by Crippen LogP contribution is 2.24. The van der Waals surface area contributed by atoms with Crippen LogP contribution in [-0.4, -0.2) is 58.7 Å². The molecule has 1 aromatic heterocycles. The fraction of sp³-hybridized carbons (Fsp3) is 0.350. The van der Waals surface area contributed by atoms with Crippen LogP contribution in [0.2, 0.25) is 0 Å². The van der Waals surface area contributed by atoms with Crippen LogP contribution in [0.4, 0.5) is 5.69 Å². The first kappa shape index (κ1) is 17.3. The number of benzene rings is 1. The standard InChI is InChI=1S/C20H22N4O3/c25-18-12-16-9-14(1-2-17(16)22-18)10-19(26)23-5-7-24(8-6-23)20(27)11-15-3-4-21-13-15/h1-4,9,13,21H,5-8,10-12H2,(H,22,25). The molecule has 2 N–H and O–H groups in total. The van der Waals surface area contributed by atoms with Crippen molar-refractivity contribution in [2.75, 3.05) is 31.5 Å². The summed E-state index contributed by atoms with van der Waals surface area (Å²) in [6.45, 7) is 2.25. The maximum absolute atomic E-state index is 12.6. The highest BCUT2D eigenvalue weighted by molar-refractivity contribution is 5.99. The molecule has 2 aliphatic heterocycles. The molecule has 0 spiro atoms. The lowest BCUT2D eigenvalue weighted by molar-refractivity contribution is -0.138. The van der Waals surface area contributed by atoms with Gasteiger partial charge in [-0.25, -0.2) is 0 Å². The van der Waals surface area contributed by atoms with E-state index in [0.717, 1.165) is 22.4 Å². The summed E-state index contributed by atoms with van der Waals surface area (Å²) in [5.41, 5.74) is 3.68. The summed E-state index contributed by atoms with van der Waals surface area (Å²) in [5, 5.41) is 2.80. The van der Waals surface area contributed by atoms with E-state index in [1.54, 1.807) is 0 Å². The van der Waals surface area contributed by atoms with Gasteiger partial charge in [0.25, 0.3) is 0 Å². The highest BCUT2D eigenvalue weighted by Gasteiger charge is 2.25. The molecule has 0 saturated carbocycles. The summed E-state index contributed by atoms with van der Waals surface area (Å²) < 4.78 is 0. The molecule has 7 heteroatoms. The molecule has 3 amide bonds. The molecule has 0 aliphatic carbocycles. The molecule has 0 radical (unpaired) electrons. The number of carbonyl (C=O) groups is 3. The Labute approximate surface area is 157 Å². The number of hydrogen-bond donors (Lipinski definition) is 2. The van der Waals surface area contributed by atoms with Gasteiger partial charge in [-0.1, -0.05) is 12.1 Å². The number of piperazine rings is 1. The first-order chi connectivity index (χ1) is 13.1. The molecule has 0 unspecified atom stereocenters. The van der Waals surface area contributed by atoms with Crippen molar-refractivity contribution in [2.45, 2.75) is 19.3 Å². The van der Waals surface area contributed by atoms with Crippen LogP contribution in [0.3, 0.4) is 0 Å². The molecule has 0 atom stereocenters. The van der Waals surface area contributed by atoms with Crippen LogP contribution < -0.4 is 5.32 Å². The molecule has 3 heterocycles. The normalized spacial score (nSPS) is 16.2. The molecule has 1 fully saturated rings. The van der Waals surface area contributed by atoms with Crippen LogP contribution in [0.1, 0.15) is 16.7 Å². The van der Waals surface area contributed by atoms with E-state index in [4.69, 9.17) is 0 Å². The largest absolute Gasteiger partial charge is 0.367 e. The fourth-order valence-corrected chi connectivity index (χ4v) is 3.64. The number of aromatic nitrogens is 1. The number of nitrogens with one attached hydrogen (secondary N) is 2. The van der Waals surface area contributed by atoms with Gasteiger partial charge in [0.1, 0.15) is 0 Å². The van der Waals surface area contributed by atoms with Crippen molar-refractivity contribution in [3.63, 3.8) is 0 Å². The van der Waals surface area contributed by atoms with Gasteiger partial charge < -0.3 is 20.1 Å². The van der Waals surface area contributed by atoms with Crippen LogP contribution in [-0.2, 0) is 33.6 Å². The predicted octanol–water partition coefficient (Wildman–Crippen LogP) is 0.965. The van der Waals surface area contributed by atoms with Gasteiger partial charge in [-0.15, -0.1) is 0 Å². The minimum atomic E-state index is -0.00564. The number of carbonyl (C=O) groups excluding carboxylic acids is 3. The Kier molecular flexibility index (Phi) is 4.66. The van der Waals surface area contributed by atoms with Crippen LogP contribution >= 0.6 is 0 Å². The molecular formula is C20H22N4O3. The fourth-order valence-electron chi connectivity index (χ4n) is 3.64. The number of rotatable bonds is 4. The summed E-state index contributed by atoms with van der Waals surface area (Å²) in [6.07, 6.45) is 4.72. The summed E-state index contributed by atoms with van der Waals surface area (Å²) >= 11 is 0. The average Bonchev–Trinajstić information content (AvgIpc) is 3.30. The van der Waals surface area contributed by atoms with Crippen LogP contribution in [0, 0.1) is 0 Å². The molecule has 7 nitrogen and oxygen atoms in total. The summed E-state index contributed by atoms with van der Waals surface area (Å²) in [7, 11) is 0. The zero-order chi connectivity index (χ0) is 18.8. The van der Waals surface area contributed by atoms with E-state index < -0.39 is 0 Å². The first-order valence-corrected chi connectivity index (χ1v) is 9.17. The number of hydrogen-bond acceptors (Lipinski definition) is 3. The Hall–Kier alpha value is -3.09. The van der Waals surface area contributed by atoms with Gasteiger partial charge >= 0.3 is 0 Å². The number of H-pyrrole nitrogens is 1. The molecule has 4 rings (SSSR count). The molecule has 140 valence electrons. The van der Waals surface area contributed by atoms with Gasteiger partial charge in [0, 0.05) is 44.3 Å². The van der Waals surface area contributed by atoms with Crippen molar-refractivity contribution in [1.29, 1.82) is 0 Å². The quantitative estimate of drug-likeness (QED) is 0.845. The Bertz CT molecular complexity index is 867. The van der Waals surface area contributed by atoms with E-state index in [-0.39, 0.29) is 17.7 Å². The number of nitrogens with zero attached hydrogens (tertiary/aromatic N) is 2. The van der Waals surface area contributed by atoms with Gasteiger partial charge in [-0.3, -0.25) is 14.4 Å². The molecule has 1 saturated heterocycles. The Morgan fingerprint density at radius 2 is 1.59 bits per heavy atom. The topological polar surface area (TPSA) is 85.5 Å². The highest BCUT2D eigenvalue weighted by atomic mass is 16.2. The van der Waals surface area contributed by atoms with Crippen LogP contribution in [0.25, 0.3) is 0 Å². The number of fused-ring (bicyclic) bond motifs is 1. The van der Waals surface area contributed by atoms with E-state index in [1.165, 1.54) is 0 Å². The second kappa shape index (κ2) is 7.26. The lowest BCUT2D eigenvalue weighted by Gasteiger charge is -2.35. The lowest BCUT2D eigenvalue weighted by Crippen LogP contribution is -2.51. The minimum Gasteiger partial charge on any atom is -0.367 e. The first-order valence-electron chi connectivity index (χ1n) is 9.17. The lowest BCUT2D eigenvalue weighted by atomic mass is 10.1. The van der Waals surface area contributed by atoms with E-state index in [9.17, 15) is 14.4 Å². The third-order valence-electron chi connectivity index (χ3n) is 5.15. The second-order valence-corrected chi connectivity index (χ2v) is 7.05. The Morgan fingerprint density at radius 3 is 2.22 bits per heavy atom. The van der Waals surface area contributed by atoms with E-state index in [2.05, 4.69) is 10.3 Å². The average molecular weight is 366 g/mol. The molecule has 0 bridgehead atoms. The van der Waals surface area contributed by atoms with Gasteiger partial charge in [-0.2, -0.15) is 0 Å². The number of amides is 3.